The zero-order chi connectivity index (χ0) is 43.2. The third-order valence-electron chi connectivity index (χ3n) is 10.1. The molecule has 3 aliphatic rings. The van der Waals surface area contributed by atoms with Gasteiger partial charge in [-0.3, -0.25) is 0 Å². The Balaban J connectivity index is 1.66. The Bertz CT molecular complexity index is 2480. The molecule has 8 bridgehead atoms. The van der Waals surface area contributed by atoms with E-state index < -0.39 is 23.9 Å². The lowest BCUT2D eigenvalue weighted by atomic mass is 9.89. The van der Waals surface area contributed by atoms with Gasteiger partial charge in [-0.15, -0.1) is 0 Å². The molecule has 1 N–H and O–H groups in total. The third-order valence-corrected chi connectivity index (χ3v) is 10.1. The molecule has 3 aromatic carbocycles. The van der Waals surface area contributed by atoms with Crippen LogP contribution in [0.4, 0.5) is 0 Å². The number of hydrogen-bond donors (Lipinski definition) is 1. The largest absolute Gasteiger partial charge is 0.462 e. The molecule has 11 nitrogen and oxygen atoms in total. The third kappa shape index (κ3) is 8.54. The summed E-state index contributed by atoms with van der Waals surface area (Å²) < 4.78 is 21.9. The normalized spacial score (nSPS) is 14.1. The summed E-state index contributed by atoms with van der Waals surface area (Å²) in [6.45, 7) is 10.5. The van der Waals surface area contributed by atoms with E-state index in [0.717, 1.165) is 44.8 Å². The van der Waals surface area contributed by atoms with E-state index in [0.29, 0.717) is 22.5 Å². The zero-order valence-corrected chi connectivity index (χ0v) is 34.9. The molecule has 0 spiro atoms. The average molecular weight is 816 g/mol. The van der Waals surface area contributed by atoms with E-state index in [2.05, 4.69) is 4.98 Å². The Labute approximate surface area is 354 Å². The van der Waals surface area contributed by atoms with Crippen LogP contribution in [-0.2, 0) is 38.1 Å². The summed E-state index contributed by atoms with van der Waals surface area (Å²) in [5.41, 5.74) is 8.73. The van der Waals surface area contributed by atoms with Gasteiger partial charge in [0.1, 0.15) is 0 Å². The van der Waals surface area contributed by atoms with Gasteiger partial charge in [0.2, 0.25) is 0 Å². The summed E-state index contributed by atoms with van der Waals surface area (Å²) in [4.78, 5) is 69.6. The standard InChI is InChI=1S/C50H45N3O8/c1-7-58-47(54)45(48(55)59-8-2)43-33-12-11-13-34(28-33)44(46(49(56)60-9-3)50(57)61-10-4)40-27-25-38(53-40)42(32-20-16-30(6)17-21-32)36-23-22-35(51-36)41(37-24-26-39(43)52-37)31-18-14-29(5)15-19-31/h11-28,51H,7-10H2,1-6H3. The topological polar surface area (TPSA) is 146 Å². The van der Waals surface area contributed by atoms with Crippen LogP contribution in [0, 0.1) is 13.8 Å². The number of ether oxygens (including phenoxy) is 4. The Morgan fingerprint density at radius 1 is 0.475 bits per heavy atom. The number of esters is 4. The first-order valence-electron chi connectivity index (χ1n) is 20.2. The number of aliphatic imine (C=N–C) groups is 2. The van der Waals surface area contributed by atoms with Crippen LogP contribution in [-0.4, -0.2) is 66.7 Å². The molecule has 61 heavy (non-hydrogen) atoms. The number of nitrogens with zero attached hydrogens (tertiary/aromatic N) is 2. The molecule has 4 heterocycles. The number of carbonyl (C=O) groups is 4. The van der Waals surface area contributed by atoms with Crippen LogP contribution in [0.2, 0.25) is 0 Å². The SMILES string of the molecule is CCOC(=O)C(C(=O)OCC)=C1C2=NC(=C(c3ccc(C)cc3)c3ccc([nH]3)C(c3ccc(C)cc3)=C3C=CC(=N3)C(=C(C(=O)OCC)C(=O)OCC)c3cccc1c3)C=C2. The van der Waals surface area contributed by atoms with E-state index in [9.17, 15) is 19.2 Å². The molecular weight excluding hydrogens is 771 g/mol. The highest BCUT2D eigenvalue weighted by Gasteiger charge is 2.34. The second kappa shape index (κ2) is 18.3. The molecule has 0 fully saturated rings. The maximum atomic E-state index is 13.9. The van der Waals surface area contributed by atoms with Crippen molar-refractivity contribution < 1.29 is 38.1 Å². The van der Waals surface area contributed by atoms with Crippen molar-refractivity contribution in [3.63, 3.8) is 0 Å². The smallest absolute Gasteiger partial charge is 0.346 e. The maximum Gasteiger partial charge on any atom is 0.346 e. The predicted octanol–water partition coefficient (Wildman–Crippen LogP) is 8.65. The molecule has 4 aromatic rings. The van der Waals surface area contributed by atoms with Gasteiger partial charge in [-0.05, 0) is 106 Å². The zero-order valence-electron chi connectivity index (χ0n) is 34.9. The number of aromatic amines is 1. The number of benzene rings is 3. The molecule has 0 saturated carbocycles. The summed E-state index contributed by atoms with van der Waals surface area (Å²) in [7, 11) is 0. The highest BCUT2D eigenvalue weighted by atomic mass is 16.6. The molecule has 3 aliphatic heterocycles. The molecule has 1 aromatic heterocycles. The van der Waals surface area contributed by atoms with Gasteiger partial charge in [0.05, 0.1) is 49.2 Å². The second-order valence-corrected chi connectivity index (χ2v) is 14.2. The Kier molecular flexibility index (Phi) is 12.5. The van der Waals surface area contributed by atoms with Crippen LogP contribution in [0.15, 0.2) is 142 Å². The van der Waals surface area contributed by atoms with Gasteiger partial charge in [-0.2, -0.15) is 0 Å². The number of hydrogen-bond acceptors (Lipinski definition) is 10. The van der Waals surface area contributed by atoms with Gasteiger partial charge in [-0.25, -0.2) is 29.2 Å². The molecular formula is C50H45N3O8. The highest BCUT2D eigenvalue weighted by Crippen LogP contribution is 2.39. The van der Waals surface area contributed by atoms with Crippen molar-refractivity contribution in [2.75, 3.05) is 26.4 Å². The van der Waals surface area contributed by atoms with Gasteiger partial charge < -0.3 is 23.9 Å². The van der Waals surface area contributed by atoms with E-state index in [1.807, 2.05) is 86.7 Å². The predicted molar refractivity (Wildman–Crippen MR) is 235 cm³/mol. The number of allylic oxidation sites excluding steroid dienone is 6. The van der Waals surface area contributed by atoms with Crippen molar-refractivity contribution in [1.82, 2.24) is 4.98 Å². The number of aromatic nitrogens is 1. The van der Waals surface area contributed by atoms with Crippen molar-refractivity contribution >= 4 is 57.6 Å². The van der Waals surface area contributed by atoms with Crippen molar-refractivity contribution in [3.8, 4) is 0 Å². The average Bonchev–Trinajstić information content (AvgIpc) is 4.04. The summed E-state index contributed by atoms with van der Waals surface area (Å²) in [5, 5.41) is 0. The lowest BCUT2D eigenvalue weighted by Gasteiger charge is -2.17. The van der Waals surface area contributed by atoms with Crippen LogP contribution in [0.5, 0.6) is 0 Å². The molecule has 0 amide bonds. The highest BCUT2D eigenvalue weighted by molar-refractivity contribution is 6.41. The summed E-state index contributed by atoms with van der Waals surface area (Å²) in [6, 6.07) is 26.9. The Hall–Kier alpha value is -7.40. The monoisotopic (exact) mass is 815 g/mol. The minimum Gasteiger partial charge on any atom is -0.462 e. The van der Waals surface area contributed by atoms with Crippen LogP contribution in [0.3, 0.4) is 0 Å². The Morgan fingerprint density at radius 3 is 1.18 bits per heavy atom. The lowest BCUT2D eigenvalue weighted by molar-refractivity contribution is -0.148. The quantitative estimate of drug-likeness (QED) is 0.0551. The van der Waals surface area contributed by atoms with Crippen LogP contribution in [0.1, 0.15) is 72.5 Å². The van der Waals surface area contributed by atoms with Crippen LogP contribution >= 0.6 is 0 Å². The van der Waals surface area contributed by atoms with Crippen molar-refractivity contribution in [3.05, 3.63) is 177 Å². The first kappa shape index (κ1) is 41.7. The number of rotatable bonds is 10. The number of nitrogens with one attached hydrogen (secondary N) is 1. The number of carbonyl (C=O) groups excluding carboxylic acids is 4. The first-order valence-corrected chi connectivity index (χ1v) is 20.2. The van der Waals surface area contributed by atoms with E-state index in [-0.39, 0.29) is 60.1 Å². The Morgan fingerprint density at radius 2 is 0.836 bits per heavy atom. The van der Waals surface area contributed by atoms with E-state index in [4.69, 9.17) is 28.9 Å². The molecule has 308 valence electrons. The molecule has 0 aliphatic carbocycles. The molecule has 0 unspecified atom stereocenters. The van der Waals surface area contributed by atoms with Crippen molar-refractivity contribution in [2.24, 2.45) is 9.98 Å². The fourth-order valence-electron chi connectivity index (χ4n) is 7.35. The minimum atomic E-state index is -0.909. The van der Waals surface area contributed by atoms with Gasteiger partial charge >= 0.3 is 23.9 Å². The first-order chi connectivity index (χ1) is 29.6. The van der Waals surface area contributed by atoms with Crippen LogP contribution in [0.25, 0.3) is 22.3 Å². The van der Waals surface area contributed by atoms with Crippen molar-refractivity contribution in [1.29, 1.82) is 0 Å². The summed E-state index contributed by atoms with van der Waals surface area (Å²) in [6.07, 6.45) is 7.14. The van der Waals surface area contributed by atoms with Crippen molar-refractivity contribution in [2.45, 2.75) is 41.5 Å². The molecule has 11 heteroatoms. The van der Waals surface area contributed by atoms with E-state index in [1.54, 1.807) is 64.1 Å². The molecule has 0 radical (unpaired) electrons. The second-order valence-electron chi connectivity index (χ2n) is 14.2. The summed E-state index contributed by atoms with van der Waals surface area (Å²) >= 11 is 0. The number of fused-ring (bicyclic) bond motifs is 6. The van der Waals surface area contributed by atoms with Gasteiger partial charge in [0.15, 0.2) is 11.1 Å². The molecule has 0 saturated heterocycles. The lowest BCUT2D eigenvalue weighted by Crippen LogP contribution is -2.23. The van der Waals surface area contributed by atoms with Gasteiger partial charge in [0, 0.05) is 33.7 Å². The van der Waals surface area contributed by atoms with Crippen LogP contribution < -0.4 is 0 Å². The van der Waals surface area contributed by atoms with Gasteiger partial charge in [0.25, 0.3) is 0 Å². The summed E-state index contributed by atoms with van der Waals surface area (Å²) in [5.74, 6) is -3.64. The van der Waals surface area contributed by atoms with E-state index >= 15 is 0 Å². The fraction of sp³-hybridized carbons (Fsp3) is 0.200. The fourth-order valence-corrected chi connectivity index (χ4v) is 7.35. The maximum absolute atomic E-state index is 13.9. The number of H-pyrrole nitrogens is 1. The molecule has 7 rings (SSSR count). The van der Waals surface area contributed by atoms with E-state index in [1.165, 1.54) is 0 Å². The minimum absolute atomic E-state index is 0.0167. The van der Waals surface area contributed by atoms with Gasteiger partial charge in [-0.1, -0.05) is 77.9 Å². The number of aryl methyl sites for hydroxylation is 2. The molecule has 0 atom stereocenters.